The van der Waals surface area contributed by atoms with Crippen LogP contribution >= 0.6 is 11.8 Å². The molecular weight excluding hydrogens is 214 g/mol. The fourth-order valence-corrected chi connectivity index (χ4v) is 2.41. The third-order valence-electron chi connectivity index (χ3n) is 2.33. The van der Waals surface area contributed by atoms with Crippen molar-refractivity contribution in [3.63, 3.8) is 0 Å². The van der Waals surface area contributed by atoms with Gasteiger partial charge in [0.15, 0.2) is 0 Å². The second-order valence-electron chi connectivity index (χ2n) is 3.79. The van der Waals surface area contributed by atoms with Gasteiger partial charge in [0.2, 0.25) is 0 Å². The molecule has 0 saturated carbocycles. The number of nitrogens with one attached hydrogen (secondary N) is 1. The zero-order chi connectivity index (χ0) is 11.8. The van der Waals surface area contributed by atoms with Crippen LogP contribution in [0.5, 0.6) is 0 Å². The maximum absolute atomic E-state index is 5.35. The monoisotopic (exact) mass is 233 g/mol. The second kappa shape index (κ2) is 7.38. The smallest absolute Gasteiger partial charge is 0.0270 e. The molecule has 0 saturated heterocycles. The van der Waals surface area contributed by atoms with Crippen molar-refractivity contribution < 1.29 is 0 Å². The molecule has 0 heterocycles. The van der Waals surface area contributed by atoms with Crippen LogP contribution in [0.15, 0.2) is 29.2 Å². The molecule has 0 aromatic heterocycles. The molecule has 1 rings (SSSR count). The van der Waals surface area contributed by atoms with E-state index in [1.165, 1.54) is 10.5 Å². The SMILES string of the molecule is C#CCC(CSc1ccc(C)cc1)NCC. The zero-order valence-corrected chi connectivity index (χ0v) is 10.8. The van der Waals surface area contributed by atoms with E-state index in [1.807, 2.05) is 11.8 Å². The first-order valence-electron chi connectivity index (χ1n) is 5.62. The molecule has 16 heavy (non-hydrogen) atoms. The molecular formula is C14H19NS. The Morgan fingerprint density at radius 2 is 2.06 bits per heavy atom. The van der Waals surface area contributed by atoms with E-state index in [4.69, 9.17) is 6.42 Å². The highest BCUT2D eigenvalue weighted by atomic mass is 32.2. The van der Waals surface area contributed by atoms with Gasteiger partial charge in [0.05, 0.1) is 0 Å². The van der Waals surface area contributed by atoms with Crippen molar-refractivity contribution in [2.45, 2.75) is 31.2 Å². The molecule has 0 aliphatic heterocycles. The van der Waals surface area contributed by atoms with Crippen molar-refractivity contribution in [2.75, 3.05) is 12.3 Å². The highest BCUT2D eigenvalue weighted by Gasteiger charge is 2.05. The Hall–Kier alpha value is -0.910. The molecule has 0 bridgehead atoms. The fourth-order valence-electron chi connectivity index (χ4n) is 1.45. The predicted octanol–water partition coefficient (Wildman–Crippen LogP) is 3.09. The van der Waals surface area contributed by atoms with Gasteiger partial charge in [-0.05, 0) is 25.6 Å². The summed E-state index contributed by atoms with van der Waals surface area (Å²) in [5.74, 6) is 3.75. The maximum atomic E-state index is 5.35. The highest BCUT2D eigenvalue weighted by molar-refractivity contribution is 7.99. The summed E-state index contributed by atoms with van der Waals surface area (Å²) in [7, 11) is 0. The topological polar surface area (TPSA) is 12.0 Å². The van der Waals surface area contributed by atoms with E-state index in [1.54, 1.807) is 0 Å². The lowest BCUT2D eigenvalue weighted by Crippen LogP contribution is -2.30. The van der Waals surface area contributed by atoms with Gasteiger partial charge in [-0.1, -0.05) is 24.6 Å². The standard InChI is InChI=1S/C14H19NS/c1-4-6-13(15-5-2)11-16-14-9-7-12(3)8-10-14/h1,7-10,13,15H,5-6,11H2,2-3H3. The van der Waals surface area contributed by atoms with E-state index in [9.17, 15) is 0 Å². The van der Waals surface area contributed by atoms with Crippen LogP contribution in [0.1, 0.15) is 18.9 Å². The summed E-state index contributed by atoms with van der Waals surface area (Å²) < 4.78 is 0. The van der Waals surface area contributed by atoms with Crippen molar-refractivity contribution in [1.29, 1.82) is 0 Å². The van der Waals surface area contributed by atoms with Crippen LogP contribution in [0.2, 0.25) is 0 Å². The molecule has 0 aliphatic rings. The van der Waals surface area contributed by atoms with Gasteiger partial charge >= 0.3 is 0 Å². The summed E-state index contributed by atoms with van der Waals surface area (Å²) >= 11 is 1.86. The molecule has 0 fully saturated rings. The van der Waals surface area contributed by atoms with Crippen LogP contribution < -0.4 is 5.32 Å². The third-order valence-corrected chi connectivity index (χ3v) is 3.50. The van der Waals surface area contributed by atoms with Gasteiger partial charge in [-0.2, -0.15) is 0 Å². The molecule has 0 aliphatic carbocycles. The first kappa shape index (κ1) is 13.2. The maximum Gasteiger partial charge on any atom is 0.0270 e. The highest BCUT2D eigenvalue weighted by Crippen LogP contribution is 2.19. The van der Waals surface area contributed by atoms with E-state index in [0.717, 1.165) is 18.7 Å². The lowest BCUT2D eigenvalue weighted by Gasteiger charge is -2.14. The van der Waals surface area contributed by atoms with Gasteiger partial charge in [-0.3, -0.25) is 0 Å². The van der Waals surface area contributed by atoms with Crippen LogP contribution in [0.4, 0.5) is 0 Å². The Bertz CT molecular complexity index is 337. The molecule has 1 nitrogen and oxygen atoms in total. The Morgan fingerprint density at radius 3 is 2.62 bits per heavy atom. The molecule has 0 spiro atoms. The van der Waals surface area contributed by atoms with E-state index in [-0.39, 0.29) is 0 Å². The Labute approximate surface area is 103 Å². The largest absolute Gasteiger partial charge is 0.312 e. The summed E-state index contributed by atoms with van der Waals surface area (Å²) in [6.45, 7) is 5.19. The van der Waals surface area contributed by atoms with Crippen LogP contribution in [-0.4, -0.2) is 18.3 Å². The average molecular weight is 233 g/mol. The van der Waals surface area contributed by atoms with Crippen molar-refractivity contribution >= 4 is 11.8 Å². The van der Waals surface area contributed by atoms with Crippen LogP contribution in [-0.2, 0) is 0 Å². The van der Waals surface area contributed by atoms with E-state index in [0.29, 0.717) is 6.04 Å². The first-order chi connectivity index (χ1) is 7.76. The number of hydrogen-bond acceptors (Lipinski definition) is 2. The van der Waals surface area contributed by atoms with Gasteiger partial charge in [0, 0.05) is 23.1 Å². The average Bonchev–Trinajstić information content (AvgIpc) is 2.29. The van der Waals surface area contributed by atoms with Crippen LogP contribution in [0.3, 0.4) is 0 Å². The minimum atomic E-state index is 0.418. The van der Waals surface area contributed by atoms with Gasteiger partial charge in [-0.25, -0.2) is 0 Å². The molecule has 86 valence electrons. The minimum absolute atomic E-state index is 0.418. The third kappa shape index (κ3) is 4.74. The summed E-state index contributed by atoms with van der Waals surface area (Å²) in [4.78, 5) is 1.31. The van der Waals surface area contributed by atoms with Gasteiger partial charge in [0.25, 0.3) is 0 Å². The summed E-state index contributed by atoms with van der Waals surface area (Å²) in [6.07, 6.45) is 6.15. The number of benzene rings is 1. The predicted molar refractivity (Wildman–Crippen MR) is 72.8 cm³/mol. The van der Waals surface area contributed by atoms with E-state index >= 15 is 0 Å². The van der Waals surface area contributed by atoms with Crippen LogP contribution in [0.25, 0.3) is 0 Å². The van der Waals surface area contributed by atoms with E-state index < -0.39 is 0 Å². The quantitative estimate of drug-likeness (QED) is 0.598. The lowest BCUT2D eigenvalue weighted by atomic mass is 10.2. The van der Waals surface area contributed by atoms with Crippen LogP contribution in [0, 0.1) is 19.3 Å². The lowest BCUT2D eigenvalue weighted by molar-refractivity contribution is 0.588. The minimum Gasteiger partial charge on any atom is -0.312 e. The molecule has 1 unspecified atom stereocenters. The number of hydrogen-bond donors (Lipinski definition) is 1. The molecule has 2 heteroatoms. The summed E-state index contributed by atoms with van der Waals surface area (Å²) in [6, 6.07) is 9.04. The molecule has 0 amide bonds. The first-order valence-corrected chi connectivity index (χ1v) is 6.61. The normalized spacial score (nSPS) is 12.1. The number of rotatable bonds is 6. The van der Waals surface area contributed by atoms with Gasteiger partial charge in [0.1, 0.15) is 0 Å². The Morgan fingerprint density at radius 1 is 1.38 bits per heavy atom. The molecule has 1 N–H and O–H groups in total. The number of aryl methyl sites for hydroxylation is 1. The fraction of sp³-hybridized carbons (Fsp3) is 0.429. The molecule has 1 aromatic rings. The molecule has 1 atom stereocenters. The molecule has 1 aromatic carbocycles. The van der Waals surface area contributed by atoms with Crippen molar-refractivity contribution in [1.82, 2.24) is 5.32 Å². The zero-order valence-electron chi connectivity index (χ0n) is 9.99. The van der Waals surface area contributed by atoms with Crippen molar-refractivity contribution in [3.05, 3.63) is 29.8 Å². The molecule has 0 radical (unpaired) electrons. The summed E-state index contributed by atoms with van der Waals surface area (Å²) in [5.41, 5.74) is 1.30. The Kier molecular flexibility index (Phi) is 6.07. The van der Waals surface area contributed by atoms with Crippen molar-refractivity contribution in [3.8, 4) is 12.3 Å². The van der Waals surface area contributed by atoms with Gasteiger partial charge < -0.3 is 5.32 Å². The summed E-state index contributed by atoms with van der Waals surface area (Å²) in [5, 5.41) is 3.40. The second-order valence-corrected chi connectivity index (χ2v) is 4.88. The van der Waals surface area contributed by atoms with E-state index in [2.05, 4.69) is 49.4 Å². The number of thioether (sulfide) groups is 1. The van der Waals surface area contributed by atoms with Gasteiger partial charge in [-0.15, -0.1) is 24.1 Å². The number of terminal acetylenes is 1. The Balaban J connectivity index is 2.42. The van der Waals surface area contributed by atoms with Crippen molar-refractivity contribution in [2.24, 2.45) is 0 Å².